The Morgan fingerprint density at radius 2 is 1.95 bits per heavy atom. The Kier molecular flexibility index (Phi) is 4.13. The van der Waals surface area contributed by atoms with Crippen LogP contribution in [0, 0.1) is 0 Å². The first-order valence-corrected chi connectivity index (χ1v) is 5.97. The minimum atomic E-state index is -0.860. The summed E-state index contributed by atoms with van der Waals surface area (Å²) in [4.78, 5) is 15.4. The van der Waals surface area contributed by atoms with Crippen LogP contribution in [0.3, 0.4) is 0 Å². The molecule has 1 atom stereocenters. The molecule has 0 spiro atoms. The first kappa shape index (κ1) is 13.1. The molecule has 4 heteroatoms. The number of para-hydroxylation sites is 1. The van der Waals surface area contributed by atoms with Gasteiger partial charge in [0.1, 0.15) is 5.75 Å². The van der Waals surface area contributed by atoms with Gasteiger partial charge in [-0.25, -0.2) is 0 Å². The zero-order chi connectivity index (χ0) is 13.7. The Labute approximate surface area is 111 Å². The Balaban J connectivity index is 2.33. The molecule has 1 aromatic carbocycles. The summed E-state index contributed by atoms with van der Waals surface area (Å²) >= 11 is 0. The number of benzene rings is 1. The van der Waals surface area contributed by atoms with Crippen LogP contribution in [0.4, 0.5) is 0 Å². The van der Waals surface area contributed by atoms with Gasteiger partial charge in [-0.1, -0.05) is 18.2 Å². The molecule has 1 N–H and O–H groups in total. The van der Waals surface area contributed by atoms with Crippen LogP contribution in [0.25, 0.3) is 0 Å². The van der Waals surface area contributed by atoms with E-state index in [-0.39, 0.29) is 0 Å². The molecule has 2 aromatic rings. The molecule has 0 saturated heterocycles. The highest BCUT2D eigenvalue weighted by Gasteiger charge is 2.23. The molecule has 1 aromatic heterocycles. The fourth-order valence-corrected chi connectivity index (χ4v) is 2.04. The number of ether oxygens (including phenoxy) is 1. The van der Waals surface area contributed by atoms with Gasteiger partial charge in [-0.15, -0.1) is 0 Å². The van der Waals surface area contributed by atoms with Gasteiger partial charge in [0.2, 0.25) is 0 Å². The van der Waals surface area contributed by atoms with Crippen LogP contribution in [-0.2, 0) is 11.2 Å². The lowest BCUT2D eigenvalue weighted by Gasteiger charge is -2.16. The fourth-order valence-electron chi connectivity index (χ4n) is 2.04. The quantitative estimate of drug-likeness (QED) is 0.894. The highest BCUT2D eigenvalue weighted by molar-refractivity contribution is 5.77. The van der Waals surface area contributed by atoms with Gasteiger partial charge in [-0.05, 0) is 30.2 Å². The standard InChI is InChI=1S/C15H15NO3/c1-19-14-5-3-2-4-12(14)13(15(17)18)10-11-6-8-16-9-7-11/h2-9,13H,10H2,1H3,(H,17,18). The number of hydrogen-bond acceptors (Lipinski definition) is 3. The minimum Gasteiger partial charge on any atom is -0.496 e. The highest BCUT2D eigenvalue weighted by atomic mass is 16.5. The van der Waals surface area contributed by atoms with E-state index in [1.807, 2.05) is 24.3 Å². The number of carbonyl (C=O) groups is 1. The van der Waals surface area contributed by atoms with Gasteiger partial charge >= 0.3 is 5.97 Å². The third-order valence-corrected chi connectivity index (χ3v) is 3.00. The highest BCUT2D eigenvalue weighted by Crippen LogP contribution is 2.29. The monoisotopic (exact) mass is 257 g/mol. The van der Waals surface area contributed by atoms with Crippen molar-refractivity contribution in [1.29, 1.82) is 0 Å². The summed E-state index contributed by atoms with van der Waals surface area (Å²) in [6.07, 6.45) is 3.74. The zero-order valence-corrected chi connectivity index (χ0v) is 10.6. The van der Waals surface area contributed by atoms with Crippen molar-refractivity contribution in [3.05, 3.63) is 59.9 Å². The Bertz CT molecular complexity index is 554. The van der Waals surface area contributed by atoms with Crippen LogP contribution >= 0.6 is 0 Å². The Hall–Kier alpha value is -2.36. The summed E-state index contributed by atoms with van der Waals surface area (Å²) in [6, 6.07) is 10.9. The number of rotatable bonds is 5. The summed E-state index contributed by atoms with van der Waals surface area (Å²) in [5.74, 6) is -0.885. The summed E-state index contributed by atoms with van der Waals surface area (Å²) in [7, 11) is 1.55. The van der Waals surface area contributed by atoms with Crippen molar-refractivity contribution in [2.45, 2.75) is 12.3 Å². The van der Waals surface area contributed by atoms with Crippen LogP contribution in [0.1, 0.15) is 17.0 Å². The third kappa shape index (κ3) is 3.10. The SMILES string of the molecule is COc1ccccc1C(Cc1ccncc1)C(=O)O. The number of hydrogen-bond donors (Lipinski definition) is 1. The number of carboxylic acids is 1. The first-order valence-electron chi connectivity index (χ1n) is 5.97. The summed E-state index contributed by atoms with van der Waals surface area (Å²) < 4.78 is 5.24. The molecular weight excluding hydrogens is 242 g/mol. The van der Waals surface area contributed by atoms with E-state index in [4.69, 9.17) is 4.74 Å². The van der Waals surface area contributed by atoms with Gasteiger partial charge in [0.05, 0.1) is 13.0 Å². The summed E-state index contributed by atoms with van der Waals surface area (Å²) in [6.45, 7) is 0. The molecule has 0 aliphatic heterocycles. The second kappa shape index (κ2) is 6.00. The van der Waals surface area contributed by atoms with Crippen molar-refractivity contribution >= 4 is 5.97 Å². The van der Waals surface area contributed by atoms with Crippen molar-refractivity contribution in [1.82, 2.24) is 4.98 Å². The van der Waals surface area contributed by atoms with E-state index in [2.05, 4.69) is 4.98 Å². The molecule has 0 fully saturated rings. The average Bonchev–Trinajstić information content (AvgIpc) is 2.45. The van der Waals surface area contributed by atoms with Crippen molar-refractivity contribution in [2.75, 3.05) is 7.11 Å². The predicted octanol–water partition coefficient (Wildman–Crippen LogP) is 2.50. The van der Waals surface area contributed by atoms with E-state index < -0.39 is 11.9 Å². The Morgan fingerprint density at radius 3 is 2.58 bits per heavy atom. The number of carboxylic acid groups (broad SMARTS) is 1. The van der Waals surface area contributed by atoms with E-state index >= 15 is 0 Å². The van der Waals surface area contributed by atoms with Gasteiger partial charge in [0.25, 0.3) is 0 Å². The maximum absolute atomic E-state index is 11.5. The van der Waals surface area contributed by atoms with E-state index in [1.165, 1.54) is 0 Å². The lowest BCUT2D eigenvalue weighted by molar-refractivity contribution is -0.138. The van der Waals surface area contributed by atoms with Crippen molar-refractivity contribution in [2.24, 2.45) is 0 Å². The van der Waals surface area contributed by atoms with Crippen LogP contribution in [-0.4, -0.2) is 23.2 Å². The topological polar surface area (TPSA) is 59.4 Å². The van der Waals surface area contributed by atoms with Gasteiger partial charge < -0.3 is 9.84 Å². The number of aromatic nitrogens is 1. The molecule has 98 valence electrons. The Morgan fingerprint density at radius 1 is 1.26 bits per heavy atom. The fraction of sp³-hybridized carbons (Fsp3) is 0.200. The van der Waals surface area contributed by atoms with E-state index in [0.717, 1.165) is 5.56 Å². The maximum atomic E-state index is 11.5. The predicted molar refractivity (Wildman–Crippen MR) is 71.3 cm³/mol. The molecule has 0 aliphatic carbocycles. The molecule has 0 radical (unpaired) electrons. The van der Waals surface area contributed by atoms with Gasteiger partial charge in [-0.3, -0.25) is 9.78 Å². The summed E-state index contributed by atoms with van der Waals surface area (Å²) in [5, 5.41) is 9.44. The van der Waals surface area contributed by atoms with Crippen LogP contribution in [0.2, 0.25) is 0 Å². The van der Waals surface area contributed by atoms with Crippen LogP contribution < -0.4 is 4.74 Å². The van der Waals surface area contributed by atoms with Crippen molar-refractivity contribution in [3.8, 4) is 5.75 Å². The zero-order valence-electron chi connectivity index (χ0n) is 10.6. The van der Waals surface area contributed by atoms with E-state index in [0.29, 0.717) is 17.7 Å². The van der Waals surface area contributed by atoms with Crippen molar-refractivity contribution < 1.29 is 14.6 Å². The average molecular weight is 257 g/mol. The smallest absolute Gasteiger partial charge is 0.311 e. The van der Waals surface area contributed by atoms with Crippen molar-refractivity contribution in [3.63, 3.8) is 0 Å². The number of pyridine rings is 1. The van der Waals surface area contributed by atoms with Gasteiger partial charge in [0, 0.05) is 18.0 Å². The maximum Gasteiger partial charge on any atom is 0.311 e. The van der Waals surface area contributed by atoms with E-state index in [1.54, 1.807) is 31.6 Å². The lowest BCUT2D eigenvalue weighted by atomic mass is 9.92. The second-order valence-corrected chi connectivity index (χ2v) is 4.19. The van der Waals surface area contributed by atoms with E-state index in [9.17, 15) is 9.90 Å². The number of nitrogens with zero attached hydrogens (tertiary/aromatic N) is 1. The van der Waals surface area contributed by atoms with Gasteiger partial charge in [0.15, 0.2) is 0 Å². The normalized spacial score (nSPS) is 11.8. The van der Waals surface area contributed by atoms with Crippen LogP contribution in [0.5, 0.6) is 5.75 Å². The largest absolute Gasteiger partial charge is 0.496 e. The molecule has 1 heterocycles. The molecule has 0 amide bonds. The molecule has 2 rings (SSSR count). The molecule has 19 heavy (non-hydrogen) atoms. The third-order valence-electron chi connectivity index (χ3n) is 3.00. The first-order chi connectivity index (χ1) is 9.22. The molecule has 0 saturated carbocycles. The molecule has 4 nitrogen and oxygen atoms in total. The van der Waals surface area contributed by atoms with Crippen LogP contribution in [0.15, 0.2) is 48.8 Å². The molecule has 1 unspecified atom stereocenters. The van der Waals surface area contributed by atoms with Gasteiger partial charge in [-0.2, -0.15) is 0 Å². The molecule has 0 bridgehead atoms. The molecule has 0 aliphatic rings. The lowest BCUT2D eigenvalue weighted by Crippen LogP contribution is -2.15. The minimum absolute atomic E-state index is 0.415. The summed E-state index contributed by atoms with van der Waals surface area (Å²) in [5.41, 5.74) is 1.63. The number of methoxy groups -OCH3 is 1. The number of aliphatic carboxylic acids is 1. The second-order valence-electron chi connectivity index (χ2n) is 4.19. The molecular formula is C15H15NO3.